The molecule has 2 aromatic carbocycles. The fourth-order valence-corrected chi connectivity index (χ4v) is 3.36. The van der Waals surface area contributed by atoms with Gasteiger partial charge in [0, 0.05) is 17.1 Å². The average Bonchev–Trinajstić information content (AvgIpc) is 2.96. The van der Waals surface area contributed by atoms with Crippen molar-refractivity contribution in [3.63, 3.8) is 0 Å². The third-order valence-corrected chi connectivity index (χ3v) is 4.81. The molecule has 0 fully saturated rings. The zero-order valence-corrected chi connectivity index (χ0v) is 16.5. The SMILES string of the molecule is COc1ccc(NC(=O)c2cc(C)n(-c3ccccc3C(F)(F)F)c2C)c(C)c1. The Morgan fingerprint density at radius 2 is 1.72 bits per heavy atom. The molecule has 152 valence electrons. The van der Waals surface area contributed by atoms with Crippen LogP contribution in [0.3, 0.4) is 0 Å². The molecule has 29 heavy (non-hydrogen) atoms. The van der Waals surface area contributed by atoms with Crippen LogP contribution in [0.15, 0.2) is 48.5 Å². The molecule has 0 aliphatic heterocycles. The molecule has 0 radical (unpaired) electrons. The molecule has 0 aliphatic rings. The molecular weight excluding hydrogens is 381 g/mol. The van der Waals surface area contributed by atoms with Crippen LogP contribution < -0.4 is 10.1 Å². The number of hydrogen-bond donors (Lipinski definition) is 1. The Kier molecular flexibility index (Phi) is 5.42. The summed E-state index contributed by atoms with van der Waals surface area (Å²) in [5, 5.41) is 2.83. The van der Waals surface area contributed by atoms with Crippen LogP contribution in [0.5, 0.6) is 5.75 Å². The van der Waals surface area contributed by atoms with Gasteiger partial charge in [0.2, 0.25) is 0 Å². The van der Waals surface area contributed by atoms with Gasteiger partial charge in [0.25, 0.3) is 5.91 Å². The number of aromatic nitrogens is 1. The van der Waals surface area contributed by atoms with E-state index in [1.165, 1.54) is 16.7 Å². The van der Waals surface area contributed by atoms with E-state index in [-0.39, 0.29) is 11.6 Å². The molecule has 0 aliphatic carbocycles. The molecule has 0 unspecified atom stereocenters. The first-order valence-electron chi connectivity index (χ1n) is 8.95. The summed E-state index contributed by atoms with van der Waals surface area (Å²) in [4.78, 5) is 12.8. The summed E-state index contributed by atoms with van der Waals surface area (Å²) in [6, 6.07) is 12.2. The van der Waals surface area contributed by atoms with Crippen molar-refractivity contribution in [2.75, 3.05) is 12.4 Å². The Labute approximate surface area is 166 Å². The third kappa shape index (κ3) is 3.99. The van der Waals surface area contributed by atoms with Crippen molar-refractivity contribution in [2.24, 2.45) is 0 Å². The minimum atomic E-state index is -4.50. The van der Waals surface area contributed by atoms with Gasteiger partial charge in [-0.1, -0.05) is 12.1 Å². The zero-order chi connectivity index (χ0) is 21.3. The number of nitrogens with one attached hydrogen (secondary N) is 1. The fourth-order valence-electron chi connectivity index (χ4n) is 3.36. The molecule has 1 heterocycles. The highest BCUT2D eigenvalue weighted by atomic mass is 19.4. The lowest BCUT2D eigenvalue weighted by Gasteiger charge is -2.17. The molecule has 0 saturated carbocycles. The van der Waals surface area contributed by atoms with Crippen LogP contribution in [0.4, 0.5) is 18.9 Å². The Morgan fingerprint density at radius 1 is 1.03 bits per heavy atom. The Bertz CT molecular complexity index is 1070. The van der Waals surface area contributed by atoms with Gasteiger partial charge in [-0.05, 0) is 62.7 Å². The number of benzene rings is 2. The number of nitrogens with zero attached hydrogens (tertiary/aromatic N) is 1. The fraction of sp³-hybridized carbons (Fsp3) is 0.227. The van der Waals surface area contributed by atoms with Gasteiger partial charge in [0.05, 0.1) is 23.9 Å². The highest BCUT2D eigenvalue weighted by Gasteiger charge is 2.34. The molecule has 1 aromatic heterocycles. The van der Waals surface area contributed by atoms with E-state index in [9.17, 15) is 18.0 Å². The first-order chi connectivity index (χ1) is 13.6. The van der Waals surface area contributed by atoms with Crippen molar-refractivity contribution in [1.82, 2.24) is 4.57 Å². The van der Waals surface area contributed by atoms with Gasteiger partial charge in [-0.15, -0.1) is 0 Å². The summed E-state index contributed by atoms with van der Waals surface area (Å²) in [5.74, 6) is 0.282. The van der Waals surface area contributed by atoms with Crippen molar-refractivity contribution in [2.45, 2.75) is 26.9 Å². The summed E-state index contributed by atoms with van der Waals surface area (Å²) < 4.78 is 47.0. The maximum atomic E-state index is 13.5. The lowest BCUT2D eigenvalue weighted by atomic mass is 10.1. The highest BCUT2D eigenvalue weighted by Crippen LogP contribution is 2.35. The van der Waals surface area contributed by atoms with Crippen LogP contribution in [0.25, 0.3) is 5.69 Å². The van der Waals surface area contributed by atoms with Gasteiger partial charge < -0.3 is 14.6 Å². The number of ether oxygens (including phenoxy) is 1. The maximum Gasteiger partial charge on any atom is 0.418 e. The molecule has 1 N–H and O–H groups in total. The number of carbonyl (C=O) groups excluding carboxylic acids is 1. The zero-order valence-electron chi connectivity index (χ0n) is 16.5. The van der Waals surface area contributed by atoms with Gasteiger partial charge in [-0.25, -0.2) is 0 Å². The van der Waals surface area contributed by atoms with Crippen LogP contribution in [0, 0.1) is 20.8 Å². The molecule has 0 spiro atoms. The summed E-state index contributed by atoms with van der Waals surface area (Å²) in [6.45, 7) is 5.15. The van der Waals surface area contributed by atoms with Crippen molar-refractivity contribution in [3.05, 3.63) is 76.6 Å². The van der Waals surface area contributed by atoms with Crippen molar-refractivity contribution in [1.29, 1.82) is 0 Å². The quantitative estimate of drug-likeness (QED) is 0.610. The van der Waals surface area contributed by atoms with Crippen LogP contribution in [-0.4, -0.2) is 17.6 Å². The van der Waals surface area contributed by atoms with Gasteiger partial charge in [0.15, 0.2) is 0 Å². The second-order valence-corrected chi connectivity index (χ2v) is 6.77. The number of para-hydroxylation sites is 1. The van der Waals surface area contributed by atoms with E-state index >= 15 is 0 Å². The monoisotopic (exact) mass is 402 g/mol. The van der Waals surface area contributed by atoms with Crippen LogP contribution in [0.1, 0.15) is 32.9 Å². The molecule has 3 rings (SSSR count). The number of carbonyl (C=O) groups is 1. The number of hydrogen-bond acceptors (Lipinski definition) is 2. The van der Waals surface area contributed by atoms with Gasteiger partial charge in [-0.3, -0.25) is 4.79 Å². The van der Waals surface area contributed by atoms with Gasteiger partial charge in [0.1, 0.15) is 5.75 Å². The molecule has 4 nitrogen and oxygen atoms in total. The predicted octanol–water partition coefficient (Wildman–Crippen LogP) is 5.68. The third-order valence-electron chi connectivity index (χ3n) is 4.81. The Balaban J connectivity index is 2.00. The van der Waals surface area contributed by atoms with Crippen LogP contribution in [0.2, 0.25) is 0 Å². The standard InChI is InChI=1S/C22H21F3N2O2/c1-13-11-16(29-4)9-10-19(13)26-21(28)17-12-14(2)27(15(17)3)20-8-6-5-7-18(20)22(23,24)25/h5-12H,1-4H3,(H,26,28). The number of alkyl halides is 3. The van der Waals surface area contributed by atoms with E-state index < -0.39 is 11.7 Å². The van der Waals surface area contributed by atoms with E-state index in [2.05, 4.69) is 5.32 Å². The Morgan fingerprint density at radius 3 is 2.34 bits per heavy atom. The van der Waals surface area contributed by atoms with E-state index in [1.807, 2.05) is 6.92 Å². The normalized spacial score (nSPS) is 11.4. The second-order valence-electron chi connectivity index (χ2n) is 6.77. The lowest BCUT2D eigenvalue weighted by Crippen LogP contribution is -2.15. The molecular formula is C22H21F3N2O2. The molecule has 7 heteroatoms. The van der Waals surface area contributed by atoms with E-state index in [0.717, 1.165) is 11.6 Å². The van der Waals surface area contributed by atoms with Crippen LogP contribution in [-0.2, 0) is 6.18 Å². The van der Waals surface area contributed by atoms with Gasteiger partial charge >= 0.3 is 6.18 Å². The van der Waals surface area contributed by atoms with E-state index in [0.29, 0.717) is 28.4 Å². The number of halogens is 3. The first-order valence-corrected chi connectivity index (χ1v) is 8.95. The number of amides is 1. The van der Waals surface area contributed by atoms with Gasteiger partial charge in [-0.2, -0.15) is 13.2 Å². The summed E-state index contributed by atoms with van der Waals surface area (Å²) in [7, 11) is 1.56. The molecule has 0 atom stereocenters. The molecule has 3 aromatic rings. The summed E-state index contributed by atoms with van der Waals surface area (Å²) >= 11 is 0. The number of rotatable bonds is 4. The van der Waals surface area contributed by atoms with Crippen LogP contribution >= 0.6 is 0 Å². The van der Waals surface area contributed by atoms with Crippen molar-refractivity contribution in [3.8, 4) is 11.4 Å². The Hall–Kier alpha value is -3.22. The van der Waals surface area contributed by atoms with E-state index in [1.54, 1.807) is 51.3 Å². The average molecular weight is 402 g/mol. The molecule has 0 bridgehead atoms. The minimum absolute atomic E-state index is 0.00493. The summed E-state index contributed by atoms with van der Waals surface area (Å²) in [6.07, 6.45) is -4.50. The first kappa shape index (κ1) is 20.5. The highest BCUT2D eigenvalue weighted by molar-refractivity contribution is 6.05. The minimum Gasteiger partial charge on any atom is -0.497 e. The molecule has 1 amide bonds. The predicted molar refractivity (Wildman–Crippen MR) is 106 cm³/mol. The molecule has 0 saturated heterocycles. The smallest absolute Gasteiger partial charge is 0.418 e. The number of methoxy groups -OCH3 is 1. The topological polar surface area (TPSA) is 43.3 Å². The summed E-state index contributed by atoms with van der Waals surface area (Å²) in [5.41, 5.74) is 1.95. The number of anilines is 1. The van der Waals surface area contributed by atoms with Crippen molar-refractivity contribution < 1.29 is 22.7 Å². The second kappa shape index (κ2) is 7.66. The van der Waals surface area contributed by atoms with Crippen molar-refractivity contribution >= 4 is 11.6 Å². The maximum absolute atomic E-state index is 13.5. The number of aryl methyl sites for hydroxylation is 2. The largest absolute Gasteiger partial charge is 0.497 e. The lowest BCUT2D eigenvalue weighted by molar-refractivity contribution is -0.137. The van der Waals surface area contributed by atoms with E-state index in [4.69, 9.17) is 4.74 Å².